The Balaban J connectivity index is 1.43. The highest BCUT2D eigenvalue weighted by atomic mass is 35.5. The summed E-state index contributed by atoms with van der Waals surface area (Å²) in [6.07, 6.45) is 3.21. The molecule has 2 aliphatic heterocycles. The van der Waals surface area contributed by atoms with Gasteiger partial charge in [0.2, 0.25) is 5.91 Å². The number of carbonyl (C=O) groups is 1. The molecule has 4 rings (SSSR count). The standard InChI is InChI=1S/C19H18ClNO3/c20-16-10-12(6-8-18(16)23-13-4-2-1-3-5-13)21-19(22)15-11-14-7-9-17(15)24-14/h1-6,8,10,14-15,17H,7,9,11H2,(H,21,22). The predicted octanol–water partition coefficient (Wildman–Crippen LogP) is 4.64. The molecule has 1 amide bonds. The maximum atomic E-state index is 12.4. The van der Waals surface area contributed by atoms with Crippen LogP contribution in [0.1, 0.15) is 19.3 Å². The summed E-state index contributed by atoms with van der Waals surface area (Å²) in [6, 6.07) is 14.7. The van der Waals surface area contributed by atoms with Crippen molar-refractivity contribution in [2.75, 3.05) is 5.32 Å². The van der Waals surface area contributed by atoms with E-state index in [9.17, 15) is 4.79 Å². The number of anilines is 1. The number of hydrogen-bond acceptors (Lipinski definition) is 3. The van der Waals surface area contributed by atoms with E-state index in [0.717, 1.165) is 25.0 Å². The fourth-order valence-corrected chi connectivity index (χ4v) is 3.64. The van der Waals surface area contributed by atoms with E-state index in [-0.39, 0.29) is 24.0 Å². The Morgan fingerprint density at radius 3 is 2.67 bits per heavy atom. The second kappa shape index (κ2) is 6.46. The summed E-state index contributed by atoms with van der Waals surface area (Å²) in [5.41, 5.74) is 0.674. The first kappa shape index (κ1) is 15.5. The fraction of sp³-hybridized carbons (Fsp3) is 0.316. The number of para-hydroxylation sites is 1. The number of carbonyl (C=O) groups excluding carboxylic acids is 1. The molecular weight excluding hydrogens is 326 g/mol. The number of benzene rings is 2. The molecule has 0 aliphatic carbocycles. The summed E-state index contributed by atoms with van der Waals surface area (Å²) in [4.78, 5) is 12.4. The molecule has 2 saturated heterocycles. The van der Waals surface area contributed by atoms with Crippen molar-refractivity contribution in [2.45, 2.75) is 31.5 Å². The number of ether oxygens (including phenoxy) is 2. The summed E-state index contributed by atoms with van der Waals surface area (Å²) in [5.74, 6) is 1.23. The van der Waals surface area contributed by atoms with Crippen molar-refractivity contribution in [2.24, 2.45) is 5.92 Å². The summed E-state index contributed by atoms with van der Waals surface area (Å²) in [6.45, 7) is 0. The minimum atomic E-state index is -0.0530. The molecule has 2 aromatic carbocycles. The molecule has 3 atom stereocenters. The third kappa shape index (κ3) is 3.12. The Kier molecular flexibility index (Phi) is 4.17. The van der Waals surface area contributed by atoms with Crippen molar-refractivity contribution in [1.82, 2.24) is 0 Å². The van der Waals surface area contributed by atoms with Crippen LogP contribution in [0.2, 0.25) is 5.02 Å². The summed E-state index contributed by atoms with van der Waals surface area (Å²) in [5, 5.41) is 3.40. The minimum absolute atomic E-state index is 0.00925. The number of fused-ring (bicyclic) bond motifs is 2. The van der Waals surface area contributed by atoms with Gasteiger partial charge in [-0.1, -0.05) is 29.8 Å². The molecule has 2 fully saturated rings. The van der Waals surface area contributed by atoms with Crippen molar-refractivity contribution in [3.63, 3.8) is 0 Å². The molecule has 2 aromatic rings. The average molecular weight is 344 g/mol. The molecular formula is C19H18ClNO3. The van der Waals surface area contributed by atoms with Gasteiger partial charge in [0.25, 0.3) is 0 Å². The molecule has 4 nitrogen and oxygen atoms in total. The Morgan fingerprint density at radius 1 is 1.17 bits per heavy atom. The Morgan fingerprint density at radius 2 is 2.00 bits per heavy atom. The van der Waals surface area contributed by atoms with E-state index in [2.05, 4.69) is 5.32 Å². The van der Waals surface area contributed by atoms with Crippen LogP contribution in [-0.4, -0.2) is 18.1 Å². The Hall–Kier alpha value is -2.04. The van der Waals surface area contributed by atoms with E-state index < -0.39 is 0 Å². The highest BCUT2D eigenvalue weighted by Crippen LogP contribution is 2.39. The van der Waals surface area contributed by atoms with Crippen LogP contribution in [0.5, 0.6) is 11.5 Å². The SMILES string of the molecule is O=C(Nc1ccc(Oc2ccccc2)c(Cl)c1)C1CC2CCC1O2. The normalized spacial score (nSPS) is 24.8. The monoisotopic (exact) mass is 343 g/mol. The Bertz CT molecular complexity index is 750. The molecule has 2 heterocycles. The van der Waals surface area contributed by atoms with Crippen molar-refractivity contribution >= 4 is 23.2 Å². The number of rotatable bonds is 4. The van der Waals surface area contributed by atoms with Crippen LogP contribution in [0.4, 0.5) is 5.69 Å². The molecule has 0 spiro atoms. The lowest BCUT2D eigenvalue weighted by Crippen LogP contribution is -2.30. The first-order chi connectivity index (χ1) is 11.7. The largest absolute Gasteiger partial charge is 0.456 e. The maximum Gasteiger partial charge on any atom is 0.230 e. The van der Waals surface area contributed by atoms with E-state index in [1.165, 1.54) is 0 Å². The van der Waals surface area contributed by atoms with Gasteiger partial charge in [0.15, 0.2) is 0 Å². The van der Waals surface area contributed by atoms with E-state index >= 15 is 0 Å². The molecule has 124 valence electrons. The zero-order valence-corrected chi connectivity index (χ0v) is 13.8. The van der Waals surface area contributed by atoms with Gasteiger partial charge in [-0.2, -0.15) is 0 Å². The zero-order valence-electron chi connectivity index (χ0n) is 13.1. The molecule has 0 radical (unpaired) electrons. The number of amides is 1. The van der Waals surface area contributed by atoms with Crippen LogP contribution in [-0.2, 0) is 9.53 Å². The summed E-state index contributed by atoms with van der Waals surface area (Å²) in [7, 11) is 0. The Labute approximate surface area is 145 Å². The topological polar surface area (TPSA) is 47.6 Å². The zero-order chi connectivity index (χ0) is 16.5. The predicted molar refractivity (Wildman–Crippen MR) is 92.6 cm³/mol. The third-order valence-electron chi connectivity index (χ3n) is 4.61. The average Bonchev–Trinajstić information content (AvgIpc) is 3.21. The van der Waals surface area contributed by atoms with E-state index in [1.807, 2.05) is 30.3 Å². The van der Waals surface area contributed by atoms with Crippen LogP contribution < -0.4 is 10.1 Å². The highest BCUT2D eigenvalue weighted by molar-refractivity contribution is 6.32. The second-order valence-corrected chi connectivity index (χ2v) is 6.67. The van der Waals surface area contributed by atoms with Gasteiger partial charge < -0.3 is 14.8 Å². The van der Waals surface area contributed by atoms with Gasteiger partial charge in [-0.25, -0.2) is 0 Å². The van der Waals surface area contributed by atoms with Crippen molar-refractivity contribution in [1.29, 1.82) is 0 Å². The van der Waals surface area contributed by atoms with Gasteiger partial charge in [-0.15, -0.1) is 0 Å². The smallest absolute Gasteiger partial charge is 0.230 e. The van der Waals surface area contributed by atoms with Gasteiger partial charge in [0.1, 0.15) is 11.5 Å². The number of nitrogens with one attached hydrogen (secondary N) is 1. The van der Waals surface area contributed by atoms with Crippen LogP contribution >= 0.6 is 11.6 Å². The lowest BCUT2D eigenvalue weighted by molar-refractivity contribution is -0.121. The minimum Gasteiger partial charge on any atom is -0.456 e. The molecule has 1 N–H and O–H groups in total. The highest BCUT2D eigenvalue weighted by Gasteiger charge is 2.44. The van der Waals surface area contributed by atoms with E-state index in [1.54, 1.807) is 18.2 Å². The van der Waals surface area contributed by atoms with Gasteiger partial charge >= 0.3 is 0 Å². The molecule has 0 aromatic heterocycles. The number of halogens is 1. The third-order valence-corrected chi connectivity index (χ3v) is 4.91. The van der Waals surface area contributed by atoms with Crippen molar-refractivity contribution in [3.05, 3.63) is 53.6 Å². The molecule has 5 heteroatoms. The lowest BCUT2D eigenvalue weighted by atomic mass is 9.88. The number of hydrogen-bond donors (Lipinski definition) is 1. The second-order valence-electron chi connectivity index (χ2n) is 6.27. The maximum absolute atomic E-state index is 12.4. The van der Waals surface area contributed by atoms with E-state index in [4.69, 9.17) is 21.1 Å². The quantitative estimate of drug-likeness (QED) is 0.879. The molecule has 2 bridgehead atoms. The van der Waals surface area contributed by atoms with Gasteiger partial charge in [-0.3, -0.25) is 4.79 Å². The van der Waals surface area contributed by atoms with Crippen LogP contribution in [0.15, 0.2) is 48.5 Å². The van der Waals surface area contributed by atoms with Crippen LogP contribution in [0.3, 0.4) is 0 Å². The van der Waals surface area contributed by atoms with Gasteiger partial charge in [0.05, 0.1) is 23.1 Å². The van der Waals surface area contributed by atoms with Gasteiger partial charge in [0, 0.05) is 5.69 Å². The first-order valence-corrected chi connectivity index (χ1v) is 8.55. The molecule has 0 saturated carbocycles. The van der Waals surface area contributed by atoms with Crippen molar-refractivity contribution < 1.29 is 14.3 Å². The first-order valence-electron chi connectivity index (χ1n) is 8.18. The van der Waals surface area contributed by atoms with E-state index in [0.29, 0.717) is 16.5 Å². The summed E-state index contributed by atoms with van der Waals surface area (Å²) < 4.78 is 11.5. The lowest BCUT2D eigenvalue weighted by Gasteiger charge is -2.18. The van der Waals surface area contributed by atoms with Crippen LogP contribution in [0.25, 0.3) is 0 Å². The van der Waals surface area contributed by atoms with Crippen LogP contribution in [0, 0.1) is 5.92 Å². The fourth-order valence-electron chi connectivity index (χ4n) is 3.43. The summed E-state index contributed by atoms with van der Waals surface area (Å²) >= 11 is 6.28. The molecule has 2 aliphatic rings. The molecule has 24 heavy (non-hydrogen) atoms. The van der Waals surface area contributed by atoms with Gasteiger partial charge in [-0.05, 0) is 49.6 Å². The molecule has 3 unspecified atom stereocenters. The van der Waals surface area contributed by atoms with Crippen molar-refractivity contribution in [3.8, 4) is 11.5 Å².